The first-order valence-electron chi connectivity index (χ1n) is 13.4. The number of anilines is 1. The van der Waals surface area contributed by atoms with Crippen molar-refractivity contribution in [3.8, 4) is 0 Å². The Labute approximate surface area is 213 Å². The predicted molar refractivity (Wildman–Crippen MR) is 141 cm³/mol. The number of aryl methyl sites for hydroxylation is 2. The molecule has 192 valence electrons. The van der Waals surface area contributed by atoms with Gasteiger partial charge in [-0.05, 0) is 49.1 Å². The zero-order chi connectivity index (χ0) is 25.1. The van der Waals surface area contributed by atoms with Gasteiger partial charge in [0.1, 0.15) is 17.0 Å². The fourth-order valence-corrected chi connectivity index (χ4v) is 5.78. The van der Waals surface area contributed by atoms with E-state index < -0.39 is 0 Å². The Hall–Kier alpha value is -3.00. The van der Waals surface area contributed by atoms with E-state index in [0.717, 1.165) is 62.5 Å². The number of aromatic nitrogens is 3. The summed E-state index contributed by atoms with van der Waals surface area (Å²) < 4.78 is 5.51. The molecule has 1 amide bonds. The number of rotatable bonds is 8. The summed E-state index contributed by atoms with van der Waals surface area (Å²) >= 11 is 0. The van der Waals surface area contributed by atoms with E-state index in [9.17, 15) is 4.79 Å². The lowest BCUT2D eigenvalue weighted by Crippen LogP contribution is -2.39. The minimum Gasteiger partial charge on any atom is -0.356 e. The number of nitrogens with zero attached hydrogens (tertiary/aromatic N) is 5. The molecule has 1 fully saturated rings. The molecule has 0 radical (unpaired) electrons. The molecule has 0 saturated carbocycles. The van der Waals surface area contributed by atoms with E-state index in [1.807, 2.05) is 6.92 Å². The Morgan fingerprint density at radius 1 is 1.14 bits per heavy atom. The molecule has 36 heavy (non-hydrogen) atoms. The first-order chi connectivity index (χ1) is 17.5. The standard InChI is InChI=1S/C28H38N6O2/c1-19-15-20(2)17-34(16-19)27-26-21(3)32-36-28(26)31-24(30-27)9-10-25(35)29-12-6-13-33-14-11-22-7-4-5-8-23(22)18-33/h4-5,7-8,19-20H,6,9-18H2,1-3H3,(H,29,35)/t19-,20-/m0/s1. The highest BCUT2D eigenvalue weighted by Gasteiger charge is 2.27. The number of piperidine rings is 1. The van der Waals surface area contributed by atoms with Crippen molar-refractivity contribution in [2.45, 2.75) is 59.4 Å². The molecule has 5 rings (SSSR count). The molecule has 2 aliphatic rings. The first kappa shape index (κ1) is 24.7. The monoisotopic (exact) mass is 490 g/mol. The molecule has 2 aliphatic heterocycles. The second-order valence-corrected chi connectivity index (χ2v) is 10.8. The fraction of sp³-hybridized carbons (Fsp3) is 0.571. The van der Waals surface area contributed by atoms with E-state index in [4.69, 9.17) is 9.51 Å². The van der Waals surface area contributed by atoms with Gasteiger partial charge in [0.2, 0.25) is 5.91 Å². The molecule has 0 aliphatic carbocycles. The van der Waals surface area contributed by atoms with Crippen LogP contribution in [0.25, 0.3) is 11.1 Å². The Balaban J connectivity index is 1.13. The smallest absolute Gasteiger partial charge is 0.263 e. The van der Waals surface area contributed by atoms with Crippen LogP contribution in [0.3, 0.4) is 0 Å². The molecule has 0 spiro atoms. The van der Waals surface area contributed by atoms with Crippen LogP contribution < -0.4 is 10.2 Å². The van der Waals surface area contributed by atoms with Crippen molar-refractivity contribution in [1.82, 2.24) is 25.3 Å². The quantitative estimate of drug-likeness (QED) is 0.479. The van der Waals surface area contributed by atoms with E-state index in [2.05, 4.69) is 63.4 Å². The fourth-order valence-electron chi connectivity index (χ4n) is 5.78. The number of hydrogen-bond donors (Lipinski definition) is 1. The summed E-state index contributed by atoms with van der Waals surface area (Å²) in [5, 5.41) is 8.11. The van der Waals surface area contributed by atoms with Crippen molar-refractivity contribution in [1.29, 1.82) is 0 Å². The van der Waals surface area contributed by atoms with Crippen LogP contribution >= 0.6 is 0 Å². The zero-order valence-electron chi connectivity index (χ0n) is 21.8. The summed E-state index contributed by atoms with van der Waals surface area (Å²) in [5.74, 6) is 2.79. The van der Waals surface area contributed by atoms with Crippen LogP contribution in [-0.4, -0.2) is 58.7 Å². The highest BCUT2D eigenvalue weighted by atomic mass is 16.5. The number of carbonyl (C=O) groups excluding carboxylic acids is 1. The van der Waals surface area contributed by atoms with Gasteiger partial charge in [-0.2, -0.15) is 4.98 Å². The van der Waals surface area contributed by atoms with Crippen LogP contribution in [0, 0.1) is 18.8 Å². The second-order valence-electron chi connectivity index (χ2n) is 10.8. The molecule has 2 aromatic heterocycles. The van der Waals surface area contributed by atoms with E-state index >= 15 is 0 Å². The van der Waals surface area contributed by atoms with Crippen molar-refractivity contribution in [3.05, 3.63) is 46.9 Å². The average molecular weight is 491 g/mol. The normalized spacial score (nSPS) is 20.5. The molecule has 8 nitrogen and oxygen atoms in total. The third kappa shape index (κ3) is 5.69. The number of benzene rings is 1. The molecule has 4 heterocycles. The Kier molecular flexibility index (Phi) is 7.51. The van der Waals surface area contributed by atoms with E-state index in [0.29, 0.717) is 42.8 Å². The van der Waals surface area contributed by atoms with Crippen LogP contribution in [0.5, 0.6) is 0 Å². The van der Waals surface area contributed by atoms with Gasteiger partial charge in [0.25, 0.3) is 5.71 Å². The van der Waals surface area contributed by atoms with Crippen LogP contribution in [0.4, 0.5) is 5.82 Å². The first-order valence-corrected chi connectivity index (χ1v) is 13.4. The minimum absolute atomic E-state index is 0.0400. The number of hydrogen-bond acceptors (Lipinski definition) is 7. The molecule has 1 N–H and O–H groups in total. The van der Waals surface area contributed by atoms with Crippen molar-refractivity contribution in [3.63, 3.8) is 0 Å². The van der Waals surface area contributed by atoms with Crippen LogP contribution in [-0.2, 0) is 24.2 Å². The average Bonchev–Trinajstić information content (AvgIpc) is 3.24. The predicted octanol–water partition coefficient (Wildman–Crippen LogP) is 3.91. The van der Waals surface area contributed by atoms with Crippen LogP contribution in [0.15, 0.2) is 28.8 Å². The van der Waals surface area contributed by atoms with Crippen molar-refractivity contribution in [2.24, 2.45) is 11.8 Å². The lowest BCUT2D eigenvalue weighted by atomic mass is 9.92. The summed E-state index contributed by atoms with van der Waals surface area (Å²) in [6.45, 7) is 12.2. The Bertz CT molecular complexity index is 1200. The highest BCUT2D eigenvalue weighted by molar-refractivity contribution is 5.88. The van der Waals surface area contributed by atoms with Gasteiger partial charge in [0, 0.05) is 52.1 Å². The van der Waals surface area contributed by atoms with Crippen molar-refractivity contribution < 1.29 is 9.32 Å². The van der Waals surface area contributed by atoms with Crippen molar-refractivity contribution >= 4 is 22.8 Å². The van der Waals surface area contributed by atoms with Gasteiger partial charge in [-0.1, -0.05) is 43.3 Å². The van der Waals surface area contributed by atoms with Gasteiger partial charge in [0.15, 0.2) is 0 Å². The van der Waals surface area contributed by atoms with Gasteiger partial charge < -0.3 is 14.7 Å². The maximum Gasteiger partial charge on any atom is 0.263 e. The summed E-state index contributed by atoms with van der Waals surface area (Å²) in [4.78, 5) is 26.8. The number of fused-ring (bicyclic) bond motifs is 2. The molecule has 1 aromatic carbocycles. The highest BCUT2D eigenvalue weighted by Crippen LogP contribution is 2.32. The summed E-state index contributed by atoms with van der Waals surface area (Å²) in [7, 11) is 0. The maximum absolute atomic E-state index is 12.5. The number of amides is 1. The van der Waals surface area contributed by atoms with Gasteiger partial charge in [-0.3, -0.25) is 9.69 Å². The molecule has 1 saturated heterocycles. The van der Waals surface area contributed by atoms with Gasteiger partial charge in [-0.25, -0.2) is 4.98 Å². The lowest BCUT2D eigenvalue weighted by molar-refractivity contribution is -0.121. The SMILES string of the molecule is Cc1noc2nc(CCC(=O)NCCCN3CCc4ccccc4C3)nc(N3C[C@@H](C)C[C@H](C)C3)c12. The van der Waals surface area contributed by atoms with Crippen LogP contribution in [0.2, 0.25) is 0 Å². The zero-order valence-corrected chi connectivity index (χ0v) is 21.8. The molecule has 0 unspecified atom stereocenters. The molecule has 3 aromatic rings. The van der Waals surface area contributed by atoms with Gasteiger partial charge in [-0.15, -0.1) is 0 Å². The Morgan fingerprint density at radius 3 is 2.72 bits per heavy atom. The van der Waals surface area contributed by atoms with E-state index in [1.54, 1.807) is 0 Å². The molecular weight excluding hydrogens is 452 g/mol. The number of nitrogens with one attached hydrogen (secondary N) is 1. The minimum atomic E-state index is 0.0400. The van der Waals surface area contributed by atoms with E-state index in [1.165, 1.54) is 17.5 Å². The van der Waals surface area contributed by atoms with Crippen molar-refractivity contribution in [2.75, 3.05) is 37.6 Å². The maximum atomic E-state index is 12.5. The summed E-state index contributed by atoms with van der Waals surface area (Å²) in [6, 6.07) is 8.69. The third-order valence-corrected chi connectivity index (χ3v) is 7.46. The lowest BCUT2D eigenvalue weighted by Gasteiger charge is -2.36. The van der Waals surface area contributed by atoms with Gasteiger partial charge >= 0.3 is 0 Å². The Morgan fingerprint density at radius 2 is 1.92 bits per heavy atom. The molecular formula is C28H38N6O2. The van der Waals surface area contributed by atoms with E-state index in [-0.39, 0.29) is 5.91 Å². The molecule has 2 atom stereocenters. The molecule has 8 heteroatoms. The third-order valence-electron chi connectivity index (χ3n) is 7.46. The largest absolute Gasteiger partial charge is 0.356 e. The van der Waals surface area contributed by atoms with Gasteiger partial charge in [0.05, 0.1) is 5.69 Å². The summed E-state index contributed by atoms with van der Waals surface area (Å²) in [6.07, 6.45) is 4.13. The second kappa shape index (κ2) is 10.9. The summed E-state index contributed by atoms with van der Waals surface area (Å²) in [5.41, 5.74) is 4.23. The number of carbonyl (C=O) groups is 1. The molecule has 0 bridgehead atoms. The van der Waals surface area contributed by atoms with Crippen LogP contribution in [0.1, 0.15) is 55.8 Å². The topological polar surface area (TPSA) is 87.4 Å².